The van der Waals surface area contributed by atoms with Crippen molar-refractivity contribution >= 4 is 16.7 Å². The van der Waals surface area contributed by atoms with Crippen LogP contribution in [0.2, 0.25) is 0 Å². The van der Waals surface area contributed by atoms with E-state index in [-0.39, 0.29) is 5.78 Å². The third-order valence-electron chi connectivity index (χ3n) is 6.31. The van der Waals surface area contributed by atoms with Crippen LogP contribution in [0.3, 0.4) is 0 Å². The van der Waals surface area contributed by atoms with Gasteiger partial charge in [0.2, 0.25) is 0 Å². The van der Waals surface area contributed by atoms with Crippen LogP contribution in [0.1, 0.15) is 43.1 Å². The van der Waals surface area contributed by atoms with Crippen molar-refractivity contribution in [3.63, 3.8) is 0 Å². The van der Waals surface area contributed by atoms with E-state index in [2.05, 4.69) is 30.3 Å². The molecule has 0 bridgehead atoms. The normalized spacial score (nSPS) is 11.8. The second-order valence-electron chi connectivity index (χ2n) is 8.84. The van der Waals surface area contributed by atoms with Gasteiger partial charge in [-0.3, -0.25) is 9.78 Å². The molecule has 6 nitrogen and oxygen atoms in total. The zero-order chi connectivity index (χ0) is 27.5. The molecule has 1 aromatic heterocycles. The monoisotopic (exact) mass is 514 g/mol. The Labute approximate surface area is 226 Å². The van der Waals surface area contributed by atoms with Crippen molar-refractivity contribution < 1.29 is 19.0 Å². The molecular weight excluding hydrogens is 476 g/mol. The molecule has 0 saturated carbocycles. The highest BCUT2D eigenvalue weighted by atomic mass is 16.5. The SMILES string of the molecule is C=C/C(=C\C=C/C)C(=O)c1cc(C)ccc1Oc1ccnc2cc(OCCCN(CC)CC)c(OC)cc12. The molecule has 0 saturated heterocycles. The Hall–Kier alpha value is -3.90. The number of fused-ring (bicyclic) bond motifs is 1. The molecule has 0 amide bonds. The number of aryl methyl sites for hydroxylation is 1. The van der Waals surface area contributed by atoms with Crippen molar-refractivity contribution in [2.75, 3.05) is 33.4 Å². The van der Waals surface area contributed by atoms with Gasteiger partial charge in [0.25, 0.3) is 0 Å². The van der Waals surface area contributed by atoms with Crippen LogP contribution in [0.25, 0.3) is 10.9 Å². The van der Waals surface area contributed by atoms with Gasteiger partial charge in [0.1, 0.15) is 11.5 Å². The first-order chi connectivity index (χ1) is 18.4. The fourth-order valence-corrected chi connectivity index (χ4v) is 4.12. The van der Waals surface area contributed by atoms with Crippen LogP contribution >= 0.6 is 0 Å². The number of allylic oxidation sites excluding steroid dienone is 5. The number of ether oxygens (including phenoxy) is 3. The van der Waals surface area contributed by atoms with Crippen LogP contribution in [-0.4, -0.2) is 49.0 Å². The van der Waals surface area contributed by atoms with Gasteiger partial charge in [-0.25, -0.2) is 0 Å². The van der Waals surface area contributed by atoms with Gasteiger partial charge in [-0.1, -0.05) is 56.4 Å². The Morgan fingerprint density at radius 1 is 1.05 bits per heavy atom. The summed E-state index contributed by atoms with van der Waals surface area (Å²) in [6.45, 7) is 15.6. The number of pyridine rings is 1. The first-order valence-corrected chi connectivity index (χ1v) is 13.1. The van der Waals surface area contributed by atoms with Crippen molar-refractivity contribution in [2.24, 2.45) is 0 Å². The van der Waals surface area contributed by atoms with Crippen molar-refractivity contribution in [1.82, 2.24) is 9.88 Å². The molecule has 0 aliphatic carbocycles. The molecule has 3 aromatic rings. The second kappa shape index (κ2) is 14.1. The van der Waals surface area contributed by atoms with E-state index in [4.69, 9.17) is 14.2 Å². The Bertz CT molecular complexity index is 1320. The number of nitrogens with zero attached hydrogens (tertiary/aromatic N) is 2. The van der Waals surface area contributed by atoms with Crippen molar-refractivity contribution in [2.45, 2.75) is 34.1 Å². The van der Waals surface area contributed by atoms with Crippen LogP contribution in [0.15, 0.2) is 79.1 Å². The average Bonchev–Trinajstić information content (AvgIpc) is 2.94. The minimum absolute atomic E-state index is 0.159. The summed E-state index contributed by atoms with van der Waals surface area (Å²) < 4.78 is 18.1. The molecule has 0 spiro atoms. The van der Waals surface area contributed by atoms with E-state index in [1.807, 2.05) is 56.3 Å². The summed E-state index contributed by atoms with van der Waals surface area (Å²) >= 11 is 0. The van der Waals surface area contributed by atoms with Gasteiger partial charge in [-0.2, -0.15) is 0 Å². The lowest BCUT2D eigenvalue weighted by atomic mass is 10.00. The van der Waals surface area contributed by atoms with Gasteiger partial charge in [-0.15, -0.1) is 0 Å². The Morgan fingerprint density at radius 3 is 2.53 bits per heavy atom. The molecule has 0 N–H and O–H groups in total. The summed E-state index contributed by atoms with van der Waals surface area (Å²) in [5.41, 5.74) is 2.62. The number of rotatable bonds is 14. The third kappa shape index (κ3) is 7.11. The van der Waals surface area contributed by atoms with Crippen molar-refractivity contribution in [1.29, 1.82) is 0 Å². The third-order valence-corrected chi connectivity index (χ3v) is 6.31. The molecule has 0 atom stereocenters. The summed E-state index contributed by atoms with van der Waals surface area (Å²) in [6.07, 6.45) is 9.59. The van der Waals surface area contributed by atoms with E-state index < -0.39 is 0 Å². The predicted molar refractivity (Wildman–Crippen MR) is 155 cm³/mol. The van der Waals surface area contributed by atoms with E-state index in [1.54, 1.807) is 31.5 Å². The largest absolute Gasteiger partial charge is 0.493 e. The topological polar surface area (TPSA) is 60.9 Å². The molecule has 3 rings (SSSR count). The van der Waals surface area contributed by atoms with Crippen LogP contribution in [0.4, 0.5) is 0 Å². The average molecular weight is 515 g/mol. The van der Waals surface area contributed by atoms with Gasteiger partial charge >= 0.3 is 0 Å². The maximum absolute atomic E-state index is 13.4. The maximum atomic E-state index is 13.4. The van der Waals surface area contributed by atoms with Crippen LogP contribution in [-0.2, 0) is 0 Å². The smallest absolute Gasteiger partial charge is 0.196 e. The highest BCUT2D eigenvalue weighted by molar-refractivity contribution is 6.12. The number of benzene rings is 2. The highest BCUT2D eigenvalue weighted by Gasteiger charge is 2.18. The zero-order valence-corrected chi connectivity index (χ0v) is 23.1. The molecule has 0 unspecified atom stereocenters. The number of ketones is 1. The first kappa shape index (κ1) is 28.7. The zero-order valence-electron chi connectivity index (χ0n) is 23.1. The molecule has 6 heteroatoms. The molecule has 38 heavy (non-hydrogen) atoms. The fourth-order valence-electron chi connectivity index (χ4n) is 4.12. The van der Waals surface area contributed by atoms with E-state index >= 15 is 0 Å². The van der Waals surface area contributed by atoms with Crippen LogP contribution < -0.4 is 14.2 Å². The molecule has 2 aromatic carbocycles. The van der Waals surface area contributed by atoms with Crippen molar-refractivity contribution in [3.05, 3.63) is 90.2 Å². The van der Waals surface area contributed by atoms with Crippen LogP contribution in [0.5, 0.6) is 23.0 Å². The van der Waals surface area contributed by atoms with Gasteiger partial charge < -0.3 is 19.1 Å². The van der Waals surface area contributed by atoms with Gasteiger partial charge in [0, 0.05) is 29.8 Å². The summed E-state index contributed by atoms with van der Waals surface area (Å²) in [5, 5.41) is 0.757. The molecule has 1 heterocycles. The Kier molecular flexibility index (Phi) is 10.7. The number of aromatic nitrogens is 1. The number of methoxy groups -OCH3 is 1. The maximum Gasteiger partial charge on any atom is 0.196 e. The van der Waals surface area contributed by atoms with E-state index in [1.165, 1.54) is 0 Å². The molecule has 200 valence electrons. The number of hydrogen-bond acceptors (Lipinski definition) is 6. The number of carbonyl (C=O) groups is 1. The number of carbonyl (C=O) groups excluding carboxylic acids is 1. The lowest BCUT2D eigenvalue weighted by molar-refractivity contribution is 0.103. The van der Waals surface area contributed by atoms with Crippen LogP contribution in [0, 0.1) is 6.92 Å². The van der Waals surface area contributed by atoms with E-state index in [9.17, 15) is 4.79 Å². The Balaban J connectivity index is 1.92. The second-order valence-corrected chi connectivity index (χ2v) is 8.84. The summed E-state index contributed by atoms with van der Waals surface area (Å²) in [5.74, 6) is 2.10. The van der Waals surface area contributed by atoms with Gasteiger partial charge in [-0.05, 0) is 57.6 Å². The lowest BCUT2D eigenvalue weighted by Crippen LogP contribution is -2.25. The lowest BCUT2D eigenvalue weighted by Gasteiger charge is -2.18. The van der Waals surface area contributed by atoms with Gasteiger partial charge in [0.05, 0.1) is 24.8 Å². The standard InChI is InChI=1S/C32H38N2O4/c1-7-11-13-24(8-2)32(35)26-20-23(5)14-15-28(26)38-29-16-17-33-27-22-31(30(36-6)21-25(27)29)37-19-12-18-34(9-3)10-4/h7-8,11,13-17,20-22H,2,9-10,12,18-19H2,1,3-6H3/b11-7-,24-13+. The summed E-state index contributed by atoms with van der Waals surface area (Å²) in [7, 11) is 1.62. The van der Waals surface area contributed by atoms with Crippen molar-refractivity contribution in [3.8, 4) is 23.0 Å². The molecule has 0 aliphatic rings. The molecular formula is C32H38N2O4. The molecule has 0 fully saturated rings. The summed E-state index contributed by atoms with van der Waals surface area (Å²) in [6, 6.07) is 11.1. The molecule has 0 radical (unpaired) electrons. The van der Waals surface area contributed by atoms with Gasteiger partial charge in [0.15, 0.2) is 17.3 Å². The minimum Gasteiger partial charge on any atom is -0.493 e. The fraction of sp³-hybridized carbons (Fsp3) is 0.312. The minimum atomic E-state index is -0.159. The Morgan fingerprint density at radius 2 is 1.84 bits per heavy atom. The molecule has 0 aliphatic heterocycles. The summed E-state index contributed by atoms with van der Waals surface area (Å²) in [4.78, 5) is 20.2. The number of hydrogen-bond donors (Lipinski definition) is 0. The predicted octanol–water partition coefficient (Wildman–Crippen LogP) is 7.33. The first-order valence-electron chi connectivity index (χ1n) is 13.1. The highest BCUT2D eigenvalue weighted by Crippen LogP contribution is 2.38. The number of Topliss-reactive ketones (excluding diaryl/α,β-unsaturated/α-hetero) is 1. The quantitative estimate of drug-likeness (QED) is 0.0972. The van der Waals surface area contributed by atoms with E-state index in [0.29, 0.717) is 46.3 Å². The van der Waals surface area contributed by atoms with E-state index in [0.717, 1.165) is 37.0 Å².